The Morgan fingerprint density at radius 1 is 0.967 bits per heavy atom. The summed E-state index contributed by atoms with van der Waals surface area (Å²) in [7, 11) is 0. The summed E-state index contributed by atoms with van der Waals surface area (Å²) in [5.41, 5.74) is 4.10. The van der Waals surface area contributed by atoms with E-state index in [1.54, 1.807) is 48.5 Å². The van der Waals surface area contributed by atoms with Crippen molar-refractivity contribution in [3.8, 4) is 17.2 Å². The molecule has 0 aromatic heterocycles. The van der Waals surface area contributed by atoms with Crippen LogP contribution in [0.1, 0.15) is 34.0 Å². The van der Waals surface area contributed by atoms with E-state index in [1.807, 2.05) is 31.2 Å². The van der Waals surface area contributed by atoms with E-state index in [-0.39, 0.29) is 5.91 Å². The maximum atomic E-state index is 12.8. The van der Waals surface area contributed by atoms with Gasteiger partial charge in [0.15, 0.2) is 6.10 Å². The van der Waals surface area contributed by atoms with E-state index >= 15 is 0 Å². The molecule has 0 aliphatic heterocycles. The molecular formula is C25H22N2O3. The SMILES string of the molecule is Cc1ccc(CNC(=O)[C@@H](C)OC(=O)c2ccccc2-c2ccccc2C#N)cc1. The zero-order chi connectivity index (χ0) is 21.5. The van der Waals surface area contributed by atoms with Gasteiger partial charge in [-0.05, 0) is 37.1 Å². The zero-order valence-electron chi connectivity index (χ0n) is 16.9. The summed E-state index contributed by atoms with van der Waals surface area (Å²) in [6.45, 7) is 3.89. The molecule has 5 heteroatoms. The van der Waals surface area contributed by atoms with Gasteiger partial charge in [-0.25, -0.2) is 4.79 Å². The third-order valence-electron chi connectivity index (χ3n) is 4.73. The van der Waals surface area contributed by atoms with E-state index in [0.29, 0.717) is 28.8 Å². The number of hydrogen-bond donors (Lipinski definition) is 1. The summed E-state index contributed by atoms with van der Waals surface area (Å²) in [6.07, 6.45) is -0.956. The molecule has 0 aliphatic rings. The Labute approximate surface area is 175 Å². The summed E-state index contributed by atoms with van der Waals surface area (Å²) in [6, 6.07) is 23.9. The van der Waals surface area contributed by atoms with Crippen LogP contribution in [0.15, 0.2) is 72.8 Å². The molecule has 0 saturated carbocycles. The van der Waals surface area contributed by atoms with Gasteiger partial charge in [0, 0.05) is 12.1 Å². The lowest BCUT2D eigenvalue weighted by molar-refractivity contribution is -0.129. The number of nitriles is 1. The second-order valence-electron chi connectivity index (χ2n) is 6.95. The van der Waals surface area contributed by atoms with Crippen LogP contribution < -0.4 is 5.32 Å². The molecule has 1 atom stereocenters. The smallest absolute Gasteiger partial charge is 0.339 e. The number of nitrogens with zero attached hydrogens (tertiary/aromatic N) is 1. The zero-order valence-corrected chi connectivity index (χ0v) is 16.9. The Hall–Kier alpha value is -3.91. The fraction of sp³-hybridized carbons (Fsp3) is 0.160. The highest BCUT2D eigenvalue weighted by Gasteiger charge is 2.21. The second kappa shape index (κ2) is 9.53. The standard InChI is InChI=1S/C25H22N2O3/c1-17-11-13-19(14-12-17)16-27-24(28)18(2)30-25(29)23-10-6-5-9-22(23)21-8-4-3-7-20(21)15-26/h3-14,18H,16H2,1-2H3,(H,27,28)/t18-/m1/s1. The van der Waals surface area contributed by atoms with Crippen molar-refractivity contribution < 1.29 is 14.3 Å². The van der Waals surface area contributed by atoms with Gasteiger partial charge in [0.1, 0.15) is 0 Å². The van der Waals surface area contributed by atoms with E-state index in [1.165, 1.54) is 6.92 Å². The van der Waals surface area contributed by atoms with Crippen LogP contribution in [-0.2, 0) is 16.1 Å². The van der Waals surface area contributed by atoms with Gasteiger partial charge in [-0.3, -0.25) is 4.79 Å². The number of esters is 1. The highest BCUT2D eigenvalue weighted by Crippen LogP contribution is 2.27. The normalized spacial score (nSPS) is 11.2. The third-order valence-corrected chi connectivity index (χ3v) is 4.73. The lowest BCUT2D eigenvalue weighted by Crippen LogP contribution is -2.35. The van der Waals surface area contributed by atoms with Gasteiger partial charge in [0.25, 0.3) is 5.91 Å². The molecule has 1 amide bonds. The minimum atomic E-state index is -0.956. The van der Waals surface area contributed by atoms with Gasteiger partial charge in [-0.1, -0.05) is 66.2 Å². The summed E-state index contributed by atoms with van der Waals surface area (Å²) >= 11 is 0. The maximum absolute atomic E-state index is 12.8. The molecule has 0 heterocycles. The van der Waals surface area contributed by atoms with Crippen molar-refractivity contribution in [2.24, 2.45) is 0 Å². The molecule has 0 radical (unpaired) electrons. The molecule has 0 saturated heterocycles. The first-order chi connectivity index (χ1) is 14.5. The summed E-state index contributed by atoms with van der Waals surface area (Å²) in [4.78, 5) is 25.2. The number of hydrogen-bond acceptors (Lipinski definition) is 4. The van der Waals surface area contributed by atoms with Gasteiger partial charge < -0.3 is 10.1 Å². The van der Waals surface area contributed by atoms with Crippen LogP contribution >= 0.6 is 0 Å². The second-order valence-corrected chi connectivity index (χ2v) is 6.95. The lowest BCUT2D eigenvalue weighted by atomic mass is 9.96. The van der Waals surface area contributed by atoms with Crippen LogP contribution in [0, 0.1) is 18.3 Å². The number of carbonyl (C=O) groups excluding carboxylic acids is 2. The van der Waals surface area contributed by atoms with E-state index < -0.39 is 12.1 Å². The monoisotopic (exact) mass is 398 g/mol. The number of rotatable bonds is 6. The van der Waals surface area contributed by atoms with Crippen LogP contribution in [0.4, 0.5) is 0 Å². The largest absolute Gasteiger partial charge is 0.449 e. The summed E-state index contributed by atoms with van der Waals surface area (Å²) in [5.74, 6) is -0.991. The number of amides is 1. The fourth-order valence-electron chi connectivity index (χ4n) is 3.03. The van der Waals surface area contributed by atoms with Crippen LogP contribution in [0.3, 0.4) is 0 Å². The predicted octanol–water partition coefficient (Wildman–Crippen LogP) is 4.40. The van der Waals surface area contributed by atoms with Gasteiger partial charge in [-0.15, -0.1) is 0 Å². The van der Waals surface area contributed by atoms with Gasteiger partial charge >= 0.3 is 5.97 Å². The minimum Gasteiger partial charge on any atom is -0.449 e. The van der Waals surface area contributed by atoms with Crippen molar-refractivity contribution >= 4 is 11.9 Å². The predicted molar refractivity (Wildman–Crippen MR) is 114 cm³/mol. The first kappa shape index (κ1) is 20.8. The molecular weight excluding hydrogens is 376 g/mol. The average Bonchev–Trinajstić information content (AvgIpc) is 2.78. The Morgan fingerprint density at radius 3 is 2.30 bits per heavy atom. The highest BCUT2D eigenvalue weighted by atomic mass is 16.5. The van der Waals surface area contributed by atoms with Gasteiger partial charge in [-0.2, -0.15) is 5.26 Å². The third kappa shape index (κ3) is 4.92. The van der Waals surface area contributed by atoms with E-state index in [4.69, 9.17) is 4.74 Å². The molecule has 1 N–H and O–H groups in total. The quantitative estimate of drug-likeness (QED) is 0.625. The first-order valence-electron chi connectivity index (χ1n) is 9.62. The number of nitrogens with one attached hydrogen (secondary N) is 1. The van der Waals surface area contributed by atoms with Crippen LogP contribution in [0.5, 0.6) is 0 Å². The number of benzene rings is 3. The van der Waals surface area contributed by atoms with Crippen LogP contribution in [-0.4, -0.2) is 18.0 Å². The first-order valence-corrected chi connectivity index (χ1v) is 9.62. The molecule has 150 valence electrons. The van der Waals surface area contributed by atoms with Crippen molar-refractivity contribution in [2.45, 2.75) is 26.5 Å². The molecule has 3 aromatic rings. The Kier molecular flexibility index (Phi) is 6.61. The minimum absolute atomic E-state index is 0.304. The molecule has 0 spiro atoms. The van der Waals surface area contributed by atoms with Crippen molar-refractivity contribution in [3.05, 3.63) is 95.1 Å². The maximum Gasteiger partial charge on any atom is 0.339 e. The molecule has 0 bridgehead atoms. The Balaban J connectivity index is 1.71. The van der Waals surface area contributed by atoms with Crippen molar-refractivity contribution in [3.63, 3.8) is 0 Å². The summed E-state index contributed by atoms with van der Waals surface area (Å²) in [5, 5.41) is 12.2. The number of aryl methyl sites for hydroxylation is 1. The van der Waals surface area contributed by atoms with E-state index in [2.05, 4.69) is 11.4 Å². The molecule has 3 aromatic carbocycles. The van der Waals surface area contributed by atoms with Crippen LogP contribution in [0.25, 0.3) is 11.1 Å². The van der Waals surface area contributed by atoms with Crippen molar-refractivity contribution in [2.75, 3.05) is 0 Å². The fourth-order valence-corrected chi connectivity index (χ4v) is 3.03. The molecule has 0 aliphatic carbocycles. The van der Waals surface area contributed by atoms with Crippen LogP contribution in [0.2, 0.25) is 0 Å². The van der Waals surface area contributed by atoms with Crippen molar-refractivity contribution in [1.82, 2.24) is 5.32 Å². The molecule has 0 unspecified atom stereocenters. The molecule has 5 nitrogen and oxygen atoms in total. The molecule has 0 fully saturated rings. The van der Waals surface area contributed by atoms with Gasteiger partial charge in [0.2, 0.25) is 0 Å². The highest BCUT2D eigenvalue weighted by molar-refractivity contribution is 5.99. The number of carbonyl (C=O) groups is 2. The summed E-state index contributed by atoms with van der Waals surface area (Å²) < 4.78 is 5.41. The van der Waals surface area contributed by atoms with Crippen molar-refractivity contribution in [1.29, 1.82) is 5.26 Å². The molecule has 30 heavy (non-hydrogen) atoms. The Bertz CT molecular complexity index is 1100. The lowest BCUT2D eigenvalue weighted by Gasteiger charge is -2.15. The van der Waals surface area contributed by atoms with E-state index in [0.717, 1.165) is 11.1 Å². The van der Waals surface area contributed by atoms with Gasteiger partial charge in [0.05, 0.1) is 17.2 Å². The number of ether oxygens (including phenoxy) is 1. The average molecular weight is 398 g/mol. The Morgan fingerprint density at radius 2 is 1.60 bits per heavy atom. The molecule has 3 rings (SSSR count). The topological polar surface area (TPSA) is 79.2 Å². The van der Waals surface area contributed by atoms with E-state index in [9.17, 15) is 14.9 Å².